The van der Waals surface area contributed by atoms with Gasteiger partial charge in [0.25, 0.3) is 0 Å². The summed E-state index contributed by atoms with van der Waals surface area (Å²) in [5.41, 5.74) is 1.73. The average molecular weight is 206 g/mol. The van der Waals surface area contributed by atoms with Gasteiger partial charge in [0, 0.05) is 19.2 Å². The summed E-state index contributed by atoms with van der Waals surface area (Å²) in [7, 11) is 1.75. The number of nitrogens with zero attached hydrogens (tertiary/aromatic N) is 1. The van der Waals surface area contributed by atoms with E-state index in [1.807, 2.05) is 12.1 Å². The largest absolute Gasteiger partial charge is 0.454 e. The highest BCUT2D eigenvalue weighted by Gasteiger charge is 2.25. The molecule has 0 bridgehead atoms. The second-order valence-corrected chi connectivity index (χ2v) is 3.53. The Bertz CT molecular complexity index is 445. The quantitative estimate of drug-likeness (QED) is 0.682. The lowest BCUT2D eigenvalue weighted by Gasteiger charge is -2.26. The first-order valence-electron chi connectivity index (χ1n) is 4.70. The maximum Gasteiger partial charge on any atom is 0.246 e. The molecule has 0 fully saturated rings. The van der Waals surface area contributed by atoms with Crippen LogP contribution in [0.1, 0.15) is 0 Å². The topological polar surface area (TPSA) is 50.8 Å². The molecule has 1 N–H and O–H groups in total. The van der Waals surface area contributed by atoms with Gasteiger partial charge in [0.15, 0.2) is 11.5 Å². The number of hydrogen-bond donors (Lipinski definition) is 1. The molecule has 0 spiro atoms. The van der Waals surface area contributed by atoms with Crippen LogP contribution in [-0.4, -0.2) is 26.3 Å². The number of fused-ring (bicyclic) bond motifs is 2. The second kappa shape index (κ2) is 2.79. The highest BCUT2D eigenvalue weighted by molar-refractivity contribution is 6.02. The minimum absolute atomic E-state index is 0.0429. The van der Waals surface area contributed by atoms with Crippen LogP contribution in [0.3, 0.4) is 0 Å². The van der Waals surface area contributed by atoms with E-state index in [0.717, 1.165) is 17.1 Å². The van der Waals surface area contributed by atoms with Crippen molar-refractivity contribution in [2.24, 2.45) is 0 Å². The highest BCUT2D eigenvalue weighted by atomic mass is 16.7. The van der Waals surface area contributed by atoms with E-state index >= 15 is 0 Å². The number of hydrogen-bond acceptors (Lipinski definition) is 4. The van der Waals surface area contributed by atoms with Crippen molar-refractivity contribution in [3.63, 3.8) is 0 Å². The molecule has 1 aromatic carbocycles. The van der Waals surface area contributed by atoms with Gasteiger partial charge in [-0.2, -0.15) is 0 Å². The van der Waals surface area contributed by atoms with Crippen LogP contribution in [0.15, 0.2) is 12.1 Å². The van der Waals surface area contributed by atoms with Crippen LogP contribution >= 0.6 is 0 Å². The Balaban J connectivity index is 2.13. The Morgan fingerprint density at radius 3 is 2.87 bits per heavy atom. The third-order valence-corrected chi connectivity index (χ3v) is 2.66. The molecule has 1 amide bonds. The molecular formula is C10H10N2O3. The number of likely N-dealkylation sites (N-methyl/N-ethyl adjacent to an activating group) is 1. The molecule has 0 aromatic heterocycles. The van der Waals surface area contributed by atoms with Gasteiger partial charge < -0.3 is 19.7 Å². The highest BCUT2D eigenvalue weighted by Crippen LogP contribution is 2.41. The summed E-state index contributed by atoms with van der Waals surface area (Å²) in [5.74, 6) is 1.46. The first-order chi connectivity index (χ1) is 7.25. The molecule has 1 aromatic rings. The fourth-order valence-electron chi connectivity index (χ4n) is 1.77. The zero-order valence-electron chi connectivity index (χ0n) is 8.24. The minimum atomic E-state index is 0.0429. The number of carbonyl (C=O) groups excluding carboxylic acids is 1. The number of rotatable bonds is 0. The average Bonchev–Trinajstić information content (AvgIpc) is 2.68. The van der Waals surface area contributed by atoms with Crippen LogP contribution in [0, 0.1) is 0 Å². The maximum atomic E-state index is 11.4. The SMILES string of the molecule is CN1C(=O)CNc2cc3c(cc21)OCO3. The first-order valence-corrected chi connectivity index (χ1v) is 4.70. The molecule has 2 aliphatic heterocycles. The van der Waals surface area contributed by atoms with Crippen LogP contribution in [0.4, 0.5) is 11.4 Å². The Kier molecular flexibility index (Phi) is 1.56. The predicted molar refractivity (Wildman–Crippen MR) is 54.5 cm³/mol. The summed E-state index contributed by atoms with van der Waals surface area (Å²) in [6.45, 7) is 0.568. The second-order valence-electron chi connectivity index (χ2n) is 3.53. The predicted octanol–water partition coefficient (Wildman–Crippen LogP) is 0.804. The number of ether oxygens (including phenoxy) is 2. The molecule has 0 unspecified atom stereocenters. The van der Waals surface area contributed by atoms with Gasteiger partial charge in [-0.25, -0.2) is 0 Å². The molecular weight excluding hydrogens is 196 g/mol. The summed E-state index contributed by atoms with van der Waals surface area (Å²) in [4.78, 5) is 13.1. The van der Waals surface area contributed by atoms with E-state index in [9.17, 15) is 4.79 Å². The minimum Gasteiger partial charge on any atom is -0.454 e. The summed E-state index contributed by atoms with van der Waals surface area (Å²) in [6.07, 6.45) is 0. The van der Waals surface area contributed by atoms with Gasteiger partial charge in [0.2, 0.25) is 12.7 Å². The summed E-state index contributed by atoms with van der Waals surface area (Å²) >= 11 is 0. The van der Waals surface area contributed by atoms with Crippen LogP contribution in [0.25, 0.3) is 0 Å². The Hall–Kier alpha value is -1.91. The standard InChI is InChI=1S/C10H10N2O3/c1-12-7-3-9-8(14-5-15-9)2-6(7)11-4-10(12)13/h2-3,11H,4-5H2,1H3. The molecule has 0 aliphatic carbocycles. The lowest BCUT2D eigenvalue weighted by atomic mass is 10.2. The van der Waals surface area contributed by atoms with E-state index in [4.69, 9.17) is 9.47 Å². The van der Waals surface area contributed by atoms with Gasteiger partial charge in [-0.1, -0.05) is 0 Å². The van der Waals surface area contributed by atoms with Crippen LogP contribution in [0.5, 0.6) is 11.5 Å². The first kappa shape index (κ1) is 8.40. The molecule has 2 aliphatic rings. The fraction of sp³-hybridized carbons (Fsp3) is 0.300. The lowest BCUT2D eigenvalue weighted by molar-refractivity contribution is -0.116. The Morgan fingerprint density at radius 1 is 1.33 bits per heavy atom. The van der Waals surface area contributed by atoms with Crippen LogP contribution in [0.2, 0.25) is 0 Å². The van der Waals surface area contributed by atoms with Gasteiger partial charge >= 0.3 is 0 Å². The molecule has 5 heteroatoms. The number of anilines is 2. The van der Waals surface area contributed by atoms with Crippen molar-refractivity contribution < 1.29 is 14.3 Å². The number of nitrogens with one attached hydrogen (secondary N) is 1. The van der Waals surface area contributed by atoms with Crippen molar-refractivity contribution in [3.8, 4) is 11.5 Å². The molecule has 3 rings (SSSR count). The smallest absolute Gasteiger partial charge is 0.246 e. The zero-order valence-corrected chi connectivity index (χ0v) is 8.24. The molecule has 2 heterocycles. The van der Waals surface area contributed by atoms with E-state index in [1.165, 1.54) is 0 Å². The molecule has 78 valence electrons. The molecule has 0 radical (unpaired) electrons. The molecule has 0 saturated carbocycles. The van der Waals surface area contributed by atoms with Crippen LogP contribution in [-0.2, 0) is 4.79 Å². The molecule has 0 atom stereocenters. The van der Waals surface area contributed by atoms with E-state index in [2.05, 4.69) is 5.32 Å². The lowest BCUT2D eigenvalue weighted by Crippen LogP contribution is -2.36. The van der Waals surface area contributed by atoms with Crippen molar-refractivity contribution in [1.82, 2.24) is 0 Å². The Labute approximate surface area is 86.6 Å². The monoisotopic (exact) mass is 206 g/mol. The maximum absolute atomic E-state index is 11.4. The van der Waals surface area contributed by atoms with Crippen LogP contribution < -0.4 is 19.7 Å². The normalized spacial score (nSPS) is 17.4. The molecule has 15 heavy (non-hydrogen) atoms. The third kappa shape index (κ3) is 1.12. The zero-order chi connectivity index (χ0) is 10.4. The number of benzene rings is 1. The van der Waals surface area contributed by atoms with E-state index in [0.29, 0.717) is 12.3 Å². The van der Waals surface area contributed by atoms with E-state index in [1.54, 1.807) is 11.9 Å². The number of amides is 1. The van der Waals surface area contributed by atoms with Gasteiger partial charge in [-0.3, -0.25) is 4.79 Å². The molecule has 0 saturated heterocycles. The summed E-state index contributed by atoms with van der Waals surface area (Å²) in [6, 6.07) is 3.68. The van der Waals surface area contributed by atoms with Crippen molar-refractivity contribution in [3.05, 3.63) is 12.1 Å². The van der Waals surface area contributed by atoms with E-state index in [-0.39, 0.29) is 12.7 Å². The van der Waals surface area contributed by atoms with Gasteiger partial charge in [-0.15, -0.1) is 0 Å². The van der Waals surface area contributed by atoms with Gasteiger partial charge in [0.05, 0.1) is 17.9 Å². The number of carbonyl (C=O) groups is 1. The van der Waals surface area contributed by atoms with Crippen molar-refractivity contribution in [2.45, 2.75) is 0 Å². The Morgan fingerprint density at radius 2 is 2.07 bits per heavy atom. The van der Waals surface area contributed by atoms with E-state index < -0.39 is 0 Å². The third-order valence-electron chi connectivity index (χ3n) is 2.66. The summed E-state index contributed by atoms with van der Waals surface area (Å²) in [5, 5.41) is 3.05. The summed E-state index contributed by atoms with van der Waals surface area (Å²) < 4.78 is 10.5. The molecule has 5 nitrogen and oxygen atoms in total. The van der Waals surface area contributed by atoms with Crippen molar-refractivity contribution in [2.75, 3.05) is 30.6 Å². The van der Waals surface area contributed by atoms with Gasteiger partial charge in [0.1, 0.15) is 0 Å². The van der Waals surface area contributed by atoms with Crippen molar-refractivity contribution >= 4 is 17.3 Å². The van der Waals surface area contributed by atoms with Gasteiger partial charge in [-0.05, 0) is 0 Å². The fourth-order valence-corrected chi connectivity index (χ4v) is 1.77. The van der Waals surface area contributed by atoms with Crippen molar-refractivity contribution in [1.29, 1.82) is 0 Å².